The molecule has 5 rings (SSSR count). The number of aromatic nitrogens is 2. The number of pyridine rings is 1. The highest BCUT2D eigenvalue weighted by Gasteiger charge is 2.43. The average molecular weight is 515 g/mol. The average Bonchev–Trinajstić information content (AvgIpc) is 3.43. The van der Waals surface area contributed by atoms with Gasteiger partial charge in [0.05, 0.1) is 44.8 Å². The summed E-state index contributed by atoms with van der Waals surface area (Å²) >= 11 is 5.94. The first-order valence-corrected chi connectivity index (χ1v) is 12.4. The Morgan fingerprint density at radius 1 is 0.865 bits per heavy atom. The molecule has 0 aliphatic carbocycles. The molecule has 37 heavy (non-hydrogen) atoms. The van der Waals surface area contributed by atoms with Crippen molar-refractivity contribution in [3.8, 4) is 22.9 Å². The molecule has 0 bridgehead atoms. The van der Waals surface area contributed by atoms with E-state index in [0.717, 1.165) is 45.5 Å². The molecule has 2 aromatic heterocycles. The van der Waals surface area contributed by atoms with Crippen LogP contribution in [0.2, 0.25) is 0 Å². The number of benzene rings is 2. The molecular weight excluding hydrogens is 484 g/mol. The molecule has 4 aromatic rings. The molecule has 0 saturated carbocycles. The molecule has 1 aliphatic rings. The Kier molecular flexibility index (Phi) is 6.76. The SMILES string of the molecule is COc1ccc(-n2c(C)cc([C@H]3[C@H](c4ccccn4)NC(=S)N3c3cc(OC)ccc3OC)c2C)cc1. The van der Waals surface area contributed by atoms with Crippen LogP contribution in [-0.4, -0.2) is 36.0 Å². The number of aryl methyl sites for hydroxylation is 1. The van der Waals surface area contributed by atoms with Gasteiger partial charge in [-0.25, -0.2) is 0 Å². The van der Waals surface area contributed by atoms with Crippen molar-refractivity contribution in [2.75, 3.05) is 26.2 Å². The molecule has 0 radical (unpaired) electrons. The second-order valence-corrected chi connectivity index (χ2v) is 9.28. The van der Waals surface area contributed by atoms with Gasteiger partial charge in [0, 0.05) is 29.3 Å². The van der Waals surface area contributed by atoms with Crippen molar-refractivity contribution in [1.29, 1.82) is 0 Å². The van der Waals surface area contributed by atoms with Crippen molar-refractivity contribution in [3.05, 3.63) is 95.6 Å². The summed E-state index contributed by atoms with van der Waals surface area (Å²) in [5, 5.41) is 4.14. The lowest BCUT2D eigenvalue weighted by atomic mass is 9.96. The van der Waals surface area contributed by atoms with Gasteiger partial charge in [0.25, 0.3) is 0 Å². The minimum atomic E-state index is -0.179. The van der Waals surface area contributed by atoms with Gasteiger partial charge < -0.3 is 29.0 Å². The molecule has 2 atom stereocenters. The van der Waals surface area contributed by atoms with Crippen molar-refractivity contribution in [2.45, 2.75) is 25.9 Å². The topological polar surface area (TPSA) is 60.8 Å². The van der Waals surface area contributed by atoms with Gasteiger partial charge in [-0.1, -0.05) is 6.07 Å². The van der Waals surface area contributed by atoms with E-state index in [1.807, 2.05) is 54.7 Å². The summed E-state index contributed by atoms with van der Waals surface area (Å²) in [4.78, 5) is 6.81. The Balaban J connectivity index is 1.69. The standard InChI is InChI=1S/C29H30N4O3S/c1-18-16-23(19(2)32(18)20-9-11-21(34-3)12-10-20)28-27(24-8-6-7-15-30-24)31-29(37)33(28)25-17-22(35-4)13-14-26(25)36-5/h6-17,27-28H,1-5H3,(H,31,37)/t27-,28-/m0/s1. The van der Waals surface area contributed by atoms with Crippen LogP contribution in [0.3, 0.4) is 0 Å². The number of anilines is 1. The summed E-state index contributed by atoms with van der Waals surface area (Å²) < 4.78 is 18.9. The van der Waals surface area contributed by atoms with Crippen molar-refractivity contribution < 1.29 is 14.2 Å². The molecule has 1 fully saturated rings. The lowest BCUT2D eigenvalue weighted by Crippen LogP contribution is -2.30. The molecular formula is C29H30N4O3S. The normalized spacial score (nSPS) is 17.0. The van der Waals surface area contributed by atoms with Gasteiger partial charge in [0.2, 0.25) is 0 Å². The lowest BCUT2D eigenvalue weighted by molar-refractivity contribution is 0.403. The molecule has 8 heteroatoms. The van der Waals surface area contributed by atoms with Gasteiger partial charge in [-0.3, -0.25) is 4.98 Å². The number of nitrogens with zero attached hydrogens (tertiary/aromatic N) is 3. The van der Waals surface area contributed by atoms with Gasteiger partial charge in [-0.15, -0.1) is 0 Å². The van der Waals surface area contributed by atoms with E-state index in [9.17, 15) is 0 Å². The maximum absolute atomic E-state index is 5.94. The Bertz CT molecular complexity index is 1420. The van der Waals surface area contributed by atoms with Crippen LogP contribution in [0.15, 0.2) is 72.9 Å². The number of ether oxygens (including phenoxy) is 3. The number of thiocarbonyl (C=S) groups is 1. The fourth-order valence-electron chi connectivity index (χ4n) is 5.13. The molecule has 0 amide bonds. The molecule has 1 aliphatic heterocycles. The van der Waals surface area contributed by atoms with E-state index in [0.29, 0.717) is 10.9 Å². The van der Waals surface area contributed by atoms with Crippen LogP contribution in [0, 0.1) is 13.8 Å². The maximum atomic E-state index is 5.94. The highest BCUT2D eigenvalue weighted by Crippen LogP contribution is 2.47. The first kappa shape index (κ1) is 24.6. The van der Waals surface area contributed by atoms with E-state index in [-0.39, 0.29) is 12.1 Å². The van der Waals surface area contributed by atoms with Gasteiger partial charge >= 0.3 is 0 Å². The predicted octanol–water partition coefficient (Wildman–Crippen LogP) is 5.69. The third-order valence-corrected chi connectivity index (χ3v) is 7.18. The zero-order chi connectivity index (χ0) is 26.1. The molecule has 190 valence electrons. The monoisotopic (exact) mass is 514 g/mol. The molecule has 0 spiro atoms. The second kappa shape index (κ2) is 10.1. The summed E-state index contributed by atoms with van der Waals surface area (Å²) in [5.41, 5.74) is 6.18. The van der Waals surface area contributed by atoms with Crippen LogP contribution in [0.5, 0.6) is 17.2 Å². The minimum absolute atomic E-state index is 0.172. The summed E-state index contributed by atoms with van der Waals surface area (Å²) in [5.74, 6) is 2.26. The largest absolute Gasteiger partial charge is 0.497 e. The number of methoxy groups -OCH3 is 3. The summed E-state index contributed by atoms with van der Waals surface area (Å²) in [6, 6.07) is 21.7. The third-order valence-electron chi connectivity index (χ3n) is 6.86. The number of hydrogen-bond acceptors (Lipinski definition) is 5. The van der Waals surface area contributed by atoms with Crippen LogP contribution in [0.25, 0.3) is 5.69 Å². The van der Waals surface area contributed by atoms with Crippen molar-refractivity contribution >= 4 is 23.0 Å². The fourth-order valence-corrected chi connectivity index (χ4v) is 5.47. The zero-order valence-corrected chi connectivity index (χ0v) is 22.4. The Morgan fingerprint density at radius 3 is 2.24 bits per heavy atom. The summed E-state index contributed by atoms with van der Waals surface area (Å²) in [6.45, 7) is 4.26. The third kappa shape index (κ3) is 4.38. The van der Waals surface area contributed by atoms with E-state index < -0.39 is 0 Å². The Hall–Kier alpha value is -4.04. The molecule has 0 unspecified atom stereocenters. The number of nitrogens with one attached hydrogen (secondary N) is 1. The lowest BCUT2D eigenvalue weighted by Gasteiger charge is -2.29. The predicted molar refractivity (Wildman–Crippen MR) is 149 cm³/mol. The number of hydrogen-bond donors (Lipinski definition) is 1. The van der Waals surface area contributed by atoms with Crippen LogP contribution >= 0.6 is 12.2 Å². The van der Waals surface area contributed by atoms with Gasteiger partial charge in [-0.05, 0) is 86.2 Å². The van der Waals surface area contributed by atoms with Crippen LogP contribution < -0.4 is 24.4 Å². The highest BCUT2D eigenvalue weighted by molar-refractivity contribution is 7.80. The highest BCUT2D eigenvalue weighted by atomic mass is 32.1. The van der Waals surface area contributed by atoms with Crippen LogP contribution in [0.1, 0.15) is 34.7 Å². The molecule has 1 saturated heterocycles. The Morgan fingerprint density at radius 2 is 1.59 bits per heavy atom. The smallest absolute Gasteiger partial charge is 0.174 e. The molecule has 7 nitrogen and oxygen atoms in total. The number of rotatable bonds is 7. The van der Waals surface area contributed by atoms with Gasteiger partial charge in [0.1, 0.15) is 17.2 Å². The Labute approximate surface area is 222 Å². The van der Waals surface area contributed by atoms with E-state index in [4.69, 9.17) is 26.4 Å². The molecule has 2 aromatic carbocycles. The zero-order valence-electron chi connectivity index (χ0n) is 21.6. The summed E-state index contributed by atoms with van der Waals surface area (Å²) in [6.07, 6.45) is 1.81. The van der Waals surface area contributed by atoms with E-state index in [1.165, 1.54) is 0 Å². The van der Waals surface area contributed by atoms with Crippen LogP contribution in [0.4, 0.5) is 5.69 Å². The minimum Gasteiger partial charge on any atom is -0.497 e. The quantitative estimate of drug-likeness (QED) is 0.318. The van der Waals surface area contributed by atoms with Crippen molar-refractivity contribution in [2.24, 2.45) is 0 Å². The summed E-state index contributed by atoms with van der Waals surface area (Å²) in [7, 11) is 5.00. The first-order valence-electron chi connectivity index (χ1n) is 12.0. The van der Waals surface area contributed by atoms with Crippen molar-refractivity contribution in [3.63, 3.8) is 0 Å². The maximum Gasteiger partial charge on any atom is 0.174 e. The fraction of sp³-hybridized carbons (Fsp3) is 0.241. The van der Waals surface area contributed by atoms with E-state index in [1.54, 1.807) is 21.3 Å². The van der Waals surface area contributed by atoms with E-state index in [2.05, 4.69) is 51.8 Å². The molecule has 3 heterocycles. The van der Waals surface area contributed by atoms with E-state index >= 15 is 0 Å². The van der Waals surface area contributed by atoms with Gasteiger partial charge in [-0.2, -0.15) is 0 Å². The molecule has 1 N–H and O–H groups in total. The first-order chi connectivity index (χ1) is 18.0. The second-order valence-electron chi connectivity index (χ2n) is 8.89. The van der Waals surface area contributed by atoms with Gasteiger partial charge in [0.15, 0.2) is 5.11 Å². The van der Waals surface area contributed by atoms with Crippen LogP contribution in [-0.2, 0) is 0 Å². The van der Waals surface area contributed by atoms with Crippen molar-refractivity contribution in [1.82, 2.24) is 14.9 Å².